The topological polar surface area (TPSA) is 105 Å². The van der Waals surface area contributed by atoms with Crippen molar-refractivity contribution in [3.63, 3.8) is 0 Å². The van der Waals surface area contributed by atoms with Crippen LogP contribution in [0.3, 0.4) is 0 Å². The smallest absolute Gasteiger partial charge is 0.248 e. The minimum Gasteiger partial charge on any atom is -0.366 e. The number of piperidine rings is 1. The van der Waals surface area contributed by atoms with Crippen molar-refractivity contribution < 1.29 is 14.4 Å². The summed E-state index contributed by atoms with van der Waals surface area (Å²) < 4.78 is 0. The first kappa shape index (κ1) is 22.1. The first-order valence-electron chi connectivity index (χ1n) is 9.53. The Kier molecular flexibility index (Phi) is 7.31. The van der Waals surface area contributed by atoms with Gasteiger partial charge in [-0.1, -0.05) is 29.6 Å². The van der Waals surface area contributed by atoms with Gasteiger partial charge in [-0.25, -0.2) is 0 Å². The lowest BCUT2D eigenvalue weighted by Gasteiger charge is -2.34. The molecule has 1 fully saturated rings. The lowest BCUT2D eigenvalue weighted by Crippen LogP contribution is -2.49. The van der Waals surface area contributed by atoms with Crippen LogP contribution in [0.25, 0.3) is 0 Å². The standard InChI is InChI=1S/C21H22Cl2N4O3/c22-16-9-8-15(11-17(16)23)26-21(30)18-3-1-2-10-27(18)12-19(28)25-14-6-4-13(5-7-14)20(24)29/h4-9,11,18H,1-3,10,12H2,(H2,24,29)(H,25,28)(H,26,30). The lowest BCUT2D eigenvalue weighted by molar-refractivity contribution is -0.124. The molecule has 0 spiro atoms. The van der Waals surface area contributed by atoms with E-state index in [0.29, 0.717) is 39.9 Å². The van der Waals surface area contributed by atoms with E-state index >= 15 is 0 Å². The van der Waals surface area contributed by atoms with E-state index in [9.17, 15) is 14.4 Å². The summed E-state index contributed by atoms with van der Waals surface area (Å²) in [4.78, 5) is 38.3. The molecular formula is C21H22Cl2N4O3. The zero-order valence-corrected chi connectivity index (χ0v) is 17.7. The summed E-state index contributed by atoms with van der Waals surface area (Å²) in [6.45, 7) is 0.727. The Morgan fingerprint density at radius 2 is 1.67 bits per heavy atom. The zero-order valence-electron chi connectivity index (χ0n) is 16.2. The molecule has 9 heteroatoms. The summed E-state index contributed by atoms with van der Waals surface area (Å²) in [5.74, 6) is -0.959. The van der Waals surface area contributed by atoms with Gasteiger partial charge in [0.05, 0.1) is 22.6 Å². The molecule has 4 N–H and O–H groups in total. The predicted octanol–water partition coefficient (Wildman–Crippen LogP) is 3.52. The van der Waals surface area contributed by atoms with E-state index in [1.807, 2.05) is 4.90 Å². The van der Waals surface area contributed by atoms with Gasteiger partial charge in [-0.3, -0.25) is 19.3 Å². The Hall–Kier alpha value is -2.61. The second-order valence-corrected chi connectivity index (χ2v) is 7.90. The van der Waals surface area contributed by atoms with Gasteiger partial charge in [0.1, 0.15) is 0 Å². The van der Waals surface area contributed by atoms with Crippen LogP contribution in [0.4, 0.5) is 11.4 Å². The maximum atomic E-state index is 12.8. The summed E-state index contributed by atoms with van der Waals surface area (Å²) in [5, 5.41) is 6.40. The molecule has 158 valence electrons. The van der Waals surface area contributed by atoms with Crippen molar-refractivity contribution in [2.75, 3.05) is 23.7 Å². The third kappa shape index (κ3) is 5.72. The van der Waals surface area contributed by atoms with Crippen molar-refractivity contribution in [3.8, 4) is 0 Å². The number of anilines is 2. The van der Waals surface area contributed by atoms with Gasteiger partial charge in [0.2, 0.25) is 17.7 Å². The van der Waals surface area contributed by atoms with Gasteiger partial charge in [0.25, 0.3) is 0 Å². The Labute approximate surface area is 184 Å². The lowest BCUT2D eigenvalue weighted by atomic mass is 10.0. The van der Waals surface area contributed by atoms with Crippen molar-refractivity contribution in [1.82, 2.24) is 4.90 Å². The van der Waals surface area contributed by atoms with Crippen LogP contribution in [0.5, 0.6) is 0 Å². The number of hydrogen-bond donors (Lipinski definition) is 3. The number of hydrogen-bond acceptors (Lipinski definition) is 4. The maximum absolute atomic E-state index is 12.8. The van der Waals surface area contributed by atoms with Crippen LogP contribution in [-0.2, 0) is 9.59 Å². The van der Waals surface area contributed by atoms with Crippen LogP contribution in [0, 0.1) is 0 Å². The third-order valence-electron chi connectivity index (χ3n) is 4.90. The molecule has 2 aromatic carbocycles. The molecule has 1 unspecified atom stereocenters. The summed E-state index contributed by atoms with van der Waals surface area (Å²) in [6, 6.07) is 10.8. The van der Waals surface area contributed by atoms with Crippen molar-refractivity contribution in [2.45, 2.75) is 25.3 Å². The molecule has 0 aromatic heterocycles. The van der Waals surface area contributed by atoms with Crippen LogP contribution in [0.1, 0.15) is 29.6 Å². The average Bonchev–Trinajstić information content (AvgIpc) is 2.71. The number of nitrogens with one attached hydrogen (secondary N) is 2. The highest BCUT2D eigenvalue weighted by Gasteiger charge is 2.30. The number of likely N-dealkylation sites (tertiary alicyclic amines) is 1. The minimum absolute atomic E-state index is 0.0804. The molecule has 7 nitrogen and oxygen atoms in total. The zero-order chi connectivity index (χ0) is 21.7. The fourth-order valence-corrected chi connectivity index (χ4v) is 3.68. The Morgan fingerprint density at radius 3 is 2.33 bits per heavy atom. The van der Waals surface area contributed by atoms with Crippen molar-refractivity contribution in [3.05, 3.63) is 58.1 Å². The molecule has 1 saturated heterocycles. The quantitative estimate of drug-likeness (QED) is 0.628. The predicted molar refractivity (Wildman–Crippen MR) is 118 cm³/mol. The van der Waals surface area contributed by atoms with E-state index in [2.05, 4.69) is 10.6 Å². The number of nitrogens with two attached hydrogens (primary N) is 1. The second-order valence-electron chi connectivity index (χ2n) is 7.09. The van der Waals surface area contributed by atoms with Crippen LogP contribution in [-0.4, -0.2) is 41.8 Å². The summed E-state index contributed by atoms with van der Waals surface area (Å²) in [7, 11) is 0. The average molecular weight is 449 g/mol. The van der Waals surface area contributed by atoms with Crippen LogP contribution < -0.4 is 16.4 Å². The molecular weight excluding hydrogens is 427 g/mol. The Bertz CT molecular complexity index is 950. The molecule has 0 radical (unpaired) electrons. The van der Waals surface area contributed by atoms with Crippen molar-refractivity contribution >= 4 is 52.3 Å². The summed E-state index contributed by atoms with van der Waals surface area (Å²) >= 11 is 11.9. The molecule has 1 atom stereocenters. The fourth-order valence-electron chi connectivity index (χ4n) is 3.38. The molecule has 30 heavy (non-hydrogen) atoms. The highest BCUT2D eigenvalue weighted by atomic mass is 35.5. The van der Waals surface area contributed by atoms with E-state index < -0.39 is 11.9 Å². The number of primary amides is 1. The van der Waals surface area contributed by atoms with E-state index in [4.69, 9.17) is 28.9 Å². The van der Waals surface area contributed by atoms with Gasteiger partial charge in [-0.2, -0.15) is 0 Å². The number of amides is 3. The molecule has 1 aliphatic rings. The molecule has 1 aliphatic heterocycles. The van der Waals surface area contributed by atoms with Gasteiger partial charge < -0.3 is 16.4 Å². The van der Waals surface area contributed by atoms with Gasteiger partial charge >= 0.3 is 0 Å². The number of carbonyl (C=O) groups excluding carboxylic acids is 3. The van der Waals surface area contributed by atoms with Gasteiger partial charge in [-0.15, -0.1) is 0 Å². The van der Waals surface area contributed by atoms with Gasteiger partial charge in [-0.05, 0) is 61.9 Å². The van der Waals surface area contributed by atoms with Gasteiger partial charge in [0, 0.05) is 16.9 Å². The van der Waals surface area contributed by atoms with E-state index in [1.165, 1.54) is 0 Å². The molecule has 0 bridgehead atoms. The van der Waals surface area contributed by atoms with E-state index in [-0.39, 0.29) is 18.4 Å². The minimum atomic E-state index is -0.531. The number of benzene rings is 2. The van der Waals surface area contributed by atoms with E-state index in [1.54, 1.807) is 42.5 Å². The molecule has 1 heterocycles. The molecule has 2 aromatic rings. The molecule has 3 amide bonds. The normalized spacial score (nSPS) is 16.7. The van der Waals surface area contributed by atoms with Crippen molar-refractivity contribution in [2.24, 2.45) is 5.73 Å². The third-order valence-corrected chi connectivity index (χ3v) is 5.64. The van der Waals surface area contributed by atoms with E-state index in [0.717, 1.165) is 12.8 Å². The van der Waals surface area contributed by atoms with Crippen LogP contribution in [0.15, 0.2) is 42.5 Å². The molecule has 0 aliphatic carbocycles. The maximum Gasteiger partial charge on any atom is 0.248 e. The van der Waals surface area contributed by atoms with Gasteiger partial charge in [0.15, 0.2) is 0 Å². The largest absolute Gasteiger partial charge is 0.366 e. The molecule has 0 saturated carbocycles. The number of carbonyl (C=O) groups is 3. The molecule has 3 rings (SSSR count). The van der Waals surface area contributed by atoms with Crippen LogP contribution >= 0.6 is 23.2 Å². The van der Waals surface area contributed by atoms with Crippen LogP contribution in [0.2, 0.25) is 10.0 Å². The Morgan fingerprint density at radius 1 is 0.967 bits per heavy atom. The first-order valence-corrected chi connectivity index (χ1v) is 10.3. The summed E-state index contributed by atoms with van der Waals surface area (Å²) in [6.07, 6.45) is 2.48. The monoisotopic (exact) mass is 448 g/mol. The Balaban J connectivity index is 1.61. The van der Waals surface area contributed by atoms with Crippen molar-refractivity contribution in [1.29, 1.82) is 0 Å². The first-order chi connectivity index (χ1) is 14.3. The summed E-state index contributed by atoms with van der Waals surface area (Å²) in [5.41, 5.74) is 6.69. The number of nitrogens with zero attached hydrogens (tertiary/aromatic N) is 1. The second kappa shape index (κ2) is 9.93. The fraction of sp³-hybridized carbons (Fsp3) is 0.286. The number of rotatable bonds is 6. The highest BCUT2D eigenvalue weighted by Crippen LogP contribution is 2.26. The highest BCUT2D eigenvalue weighted by molar-refractivity contribution is 6.42. The SMILES string of the molecule is NC(=O)c1ccc(NC(=O)CN2CCCCC2C(=O)Nc2ccc(Cl)c(Cl)c2)cc1. The number of halogens is 2.